The van der Waals surface area contributed by atoms with Crippen LogP contribution >= 0.6 is 0 Å². The number of nitrogens with zero attached hydrogens (tertiary/aromatic N) is 1. The smallest absolute Gasteiger partial charge is 0.269 e. The van der Waals surface area contributed by atoms with Gasteiger partial charge >= 0.3 is 0 Å². The zero-order valence-electron chi connectivity index (χ0n) is 9.87. The molecular formula is C11H18N4O. The normalized spacial score (nSPS) is 11.0. The number of carbonyl (C=O) groups excluding carboxylic acids is 1. The average molecular weight is 222 g/mol. The summed E-state index contributed by atoms with van der Waals surface area (Å²) in [4.78, 5) is 15.3. The fourth-order valence-corrected chi connectivity index (χ4v) is 1.12. The van der Waals surface area contributed by atoms with Crippen LogP contribution in [0.3, 0.4) is 0 Å². The molecule has 0 spiro atoms. The zero-order valence-corrected chi connectivity index (χ0v) is 9.87. The molecule has 1 aromatic rings. The molecule has 0 fully saturated rings. The van der Waals surface area contributed by atoms with E-state index < -0.39 is 0 Å². The Morgan fingerprint density at radius 2 is 2.25 bits per heavy atom. The third-order valence-electron chi connectivity index (χ3n) is 1.97. The molecule has 0 radical (unpaired) electrons. The first-order valence-corrected chi connectivity index (χ1v) is 5.13. The Bertz CT molecular complexity index is 370. The van der Waals surface area contributed by atoms with Crippen LogP contribution in [0, 0.1) is 0 Å². The highest BCUT2D eigenvalue weighted by molar-refractivity contribution is 5.92. The van der Waals surface area contributed by atoms with Gasteiger partial charge in [0.05, 0.1) is 0 Å². The van der Waals surface area contributed by atoms with Gasteiger partial charge < -0.3 is 16.4 Å². The van der Waals surface area contributed by atoms with Gasteiger partial charge in [0.25, 0.3) is 5.91 Å². The molecule has 1 amide bonds. The van der Waals surface area contributed by atoms with E-state index in [0.29, 0.717) is 12.2 Å². The first-order chi connectivity index (χ1) is 7.42. The van der Waals surface area contributed by atoms with Gasteiger partial charge in [0, 0.05) is 31.0 Å². The van der Waals surface area contributed by atoms with E-state index in [1.807, 2.05) is 13.8 Å². The highest BCUT2D eigenvalue weighted by Crippen LogP contribution is 2.09. The molecule has 4 N–H and O–H groups in total. The maximum Gasteiger partial charge on any atom is 0.269 e. The molecule has 5 heteroatoms. The maximum absolute atomic E-state index is 11.3. The summed E-state index contributed by atoms with van der Waals surface area (Å²) in [5, 5.41) is 5.69. The number of hydrogen-bond donors (Lipinski definition) is 3. The third-order valence-corrected chi connectivity index (χ3v) is 1.97. The van der Waals surface area contributed by atoms with Crippen molar-refractivity contribution in [3.05, 3.63) is 24.0 Å². The highest BCUT2D eigenvalue weighted by atomic mass is 16.1. The molecule has 88 valence electrons. The standard InChI is InChI=1S/C11H18N4O/c1-11(2,12)7-15-8-4-5-14-9(6-8)10(16)13-3/h4-6H,7,12H2,1-3H3,(H,13,16)(H,14,15). The van der Waals surface area contributed by atoms with Crippen LogP contribution in [0.2, 0.25) is 0 Å². The van der Waals surface area contributed by atoms with Crippen molar-refractivity contribution in [2.24, 2.45) is 5.73 Å². The van der Waals surface area contributed by atoms with Gasteiger partial charge in [-0.15, -0.1) is 0 Å². The molecule has 0 saturated carbocycles. The van der Waals surface area contributed by atoms with Crippen LogP contribution in [0.1, 0.15) is 24.3 Å². The number of rotatable bonds is 4. The lowest BCUT2D eigenvalue weighted by molar-refractivity contribution is 0.0958. The molecule has 1 heterocycles. The van der Waals surface area contributed by atoms with E-state index in [9.17, 15) is 4.79 Å². The molecule has 0 aliphatic rings. The fraction of sp³-hybridized carbons (Fsp3) is 0.455. The predicted octanol–water partition coefficient (Wildman–Crippen LogP) is 0.590. The van der Waals surface area contributed by atoms with E-state index in [1.54, 1.807) is 25.4 Å². The summed E-state index contributed by atoms with van der Waals surface area (Å²) in [7, 11) is 1.58. The Kier molecular flexibility index (Phi) is 3.84. The molecule has 0 bridgehead atoms. The Morgan fingerprint density at radius 1 is 1.56 bits per heavy atom. The summed E-state index contributed by atoms with van der Waals surface area (Å²) in [5.74, 6) is -0.198. The third kappa shape index (κ3) is 3.86. The molecule has 0 unspecified atom stereocenters. The van der Waals surface area contributed by atoms with Crippen molar-refractivity contribution in [3.63, 3.8) is 0 Å². The van der Waals surface area contributed by atoms with Crippen molar-refractivity contribution in [3.8, 4) is 0 Å². The van der Waals surface area contributed by atoms with Crippen LogP contribution in [0.4, 0.5) is 5.69 Å². The van der Waals surface area contributed by atoms with Crippen LogP contribution in [-0.4, -0.2) is 30.0 Å². The molecule has 0 aliphatic heterocycles. The number of pyridine rings is 1. The molecule has 0 aromatic carbocycles. The maximum atomic E-state index is 11.3. The minimum absolute atomic E-state index is 0.198. The first-order valence-electron chi connectivity index (χ1n) is 5.13. The molecule has 1 rings (SSSR count). The van der Waals surface area contributed by atoms with Crippen LogP contribution in [-0.2, 0) is 0 Å². The molecule has 0 atom stereocenters. The summed E-state index contributed by atoms with van der Waals surface area (Å²) in [6.45, 7) is 4.49. The number of nitrogens with two attached hydrogens (primary N) is 1. The number of nitrogens with one attached hydrogen (secondary N) is 2. The van der Waals surface area contributed by atoms with Crippen molar-refractivity contribution < 1.29 is 4.79 Å². The minimum Gasteiger partial charge on any atom is -0.383 e. The van der Waals surface area contributed by atoms with Crippen LogP contribution in [0.15, 0.2) is 18.3 Å². The molecule has 0 saturated heterocycles. The molecule has 1 aromatic heterocycles. The van der Waals surface area contributed by atoms with Gasteiger partial charge in [0.1, 0.15) is 5.69 Å². The van der Waals surface area contributed by atoms with Gasteiger partial charge in [0.15, 0.2) is 0 Å². The summed E-state index contributed by atoms with van der Waals surface area (Å²) in [6.07, 6.45) is 1.59. The Labute approximate surface area is 95.4 Å². The van der Waals surface area contributed by atoms with E-state index in [1.165, 1.54) is 0 Å². The van der Waals surface area contributed by atoms with Gasteiger partial charge in [-0.05, 0) is 26.0 Å². The van der Waals surface area contributed by atoms with Gasteiger partial charge in [-0.3, -0.25) is 9.78 Å². The Morgan fingerprint density at radius 3 is 2.81 bits per heavy atom. The van der Waals surface area contributed by atoms with Crippen molar-refractivity contribution in [1.82, 2.24) is 10.3 Å². The summed E-state index contributed by atoms with van der Waals surface area (Å²) >= 11 is 0. The van der Waals surface area contributed by atoms with Gasteiger partial charge in [-0.2, -0.15) is 0 Å². The second-order valence-corrected chi connectivity index (χ2v) is 4.35. The lowest BCUT2D eigenvalue weighted by Crippen LogP contribution is -2.39. The number of aromatic nitrogens is 1. The fourth-order valence-electron chi connectivity index (χ4n) is 1.12. The number of carbonyl (C=O) groups is 1. The second kappa shape index (κ2) is 4.94. The Balaban J connectivity index is 2.71. The van der Waals surface area contributed by atoms with Crippen molar-refractivity contribution in [2.45, 2.75) is 19.4 Å². The molecule has 0 aliphatic carbocycles. The van der Waals surface area contributed by atoms with Crippen LogP contribution < -0.4 is 16.4 Å². The summed E-state index contributed by atoms with van der Waals surface area (Å²) in [5.41, 5.74) is 6.79. The minimum atomic E-state index is -0.295. The zero-order chi connectivity index (χ0) is 12.2. The van der Waals surface area contributed by atoms with Gasteiger partial charge in [-0.25, -0.2) is 0 Å². The quantitative estimate of drug-likeness (QED) is 0.696. The first kappa shape index (κ1) is 12.4. The summed E-state index contributed by atoms with van der Waals surface area (Å²) in [6, 6.07) is 3.50. The van der Waals surface area contributed by atoms with Crippen molar-refractivity contribution >= 4 is 11.6 Å². The number of hydrogen-bond acceptors (Lipinski definition) is 4. The summed E-state index contributed by atoms with van der Waals surface area (Å²) < 4.78 is 0. The van der Waals surface area contributed by atoms with E-state index in [-0.39, 0.29) is 11.4 Å². The SMILES string of the molecule is CNC(=O)c1cc(NCC(C)(C)N)ccn1. The largest absolute Gasteiger partial charge is 0.383 e. The van der Waals surface area contributed by atoms with Gasteiger partial charge in [0.2, 0.25) is 0 Å². The monoisotopic (exact) mass is 222 g/mol. The molecule has 5 nitrogen and oxygen atoms in total. The molecular weight excluding hydrogens is 204 g/mol. The van der Waals surface area contributed by atoms with E-state index in [2.05, 4.69) is 15.6 Å². The average Bonchev–Trinajstić information content (AvgIpc) is 2.25. The van der Waals surface area contributed by atoms with Gasteiger partial charge in [-0.1, -0.05) is 0 Å². The topological polar surface area (TPSA) is 80.0 Å². The lowest BCUT2D eigenvalue weighted by atomic mass is 10.1. The van der Waals surface area contributed by atoms with Crippen LogP contribution in [0.5, 0.6) is 0 Å². The second-order valence-electron chi connectivity index (χ2n) is 4.35. The van der Waals surface area contributed by atoms with E-state index in [0.717, 1.165) is 5.69 Å². The van der Waals surface area contributed by atoms with Crippen LogP contribution in [0.25, 0.3) is 0 Å². The lowest BCUT2D eigenvalue weighted by Gasteiger charge is -2.19. The number of anilines is 1. The molecule has 16 heavy (non-hydrogen) atoms. The number of amides is 1. The van der Waals surface area contributed by atoms with E-state index in [4.69, 9.17) is 5.73 Å². The van der Waals surface area contributed by atoms with Crippen molar-refractivity contribution in [1.29, 1.82) is 0 Å². The van der Waals surface area contributed by atoms with E-state index >= 15 is 0 Å². The highest BCUT2D eigenvalue weighted by Gasteiger charge is 2.10. The van der Waals surface area contributed by atoms with Crippen molar-refractivity contribution in [2.75, 3.05) is 18.9 Å². The Hall–Kier alpha value is -1.62. The predicted molar refractivity (Wildman–Crippen MR) is 64.4 cm³/mol.